The summed E-state index contributed by atoms with van der Waals surface area (Å²) in [6, 6.07) is 9.00. The molecule has 1 aliphatic rings. The number of allylic oxidation sites excluding steroid dienone is 1. The average Bonchev–Trinajstić information content (AvgIpc) is 2.38. The first-order chi connectivity index (χ1) is 9.03. The van der Waals surface area contributed by atoms with Crippen molar-refractivity contribution in [3.05, 3.63) is 42.0 Å². The van der Waals surface area contributed by atoms with Crippen LogP contribution in [-0.4, -0.2) is 10.8 Å². The topological polar surface area (TPSA) is 12.0 Å². The van der Waals surface area contributed by atoms with E-state index >= 15 is 0 Å². The van der Waals surface area contributed by atoms with Gasteiger partial charge in [-0.2, -0.15) is 0 Å². The van der Waals surface area contributed by atoms with Crippen molar-refractivity contribution in [2.75, 3.05) is 0 Å². The third-order valence-corrected chi connectivity index (χ3v) is 4.48. The van der Waals surface area contributed by atoms with Gasteiger partial charge in [0, 0.05) is 22.2 Å². The summed E-state index contributed by atoms with van der Waals surface area (Å²) in [4.78, 5) is 1.39. The van der Waals surface area contributed by atoms with E-state index in [1.54, 1.807) is 0 Å². The van der Waals surface area contributed by atoms with Gasteiger partial charge in [-0.25, -0.2) is 0 Å². The molecule has 1 atom stereocenters. The zero-order chi connectivity index (χ0) is 13.7. The Hall–Kier alpha value is -0.730. The number of benzene rings is 1. The molecule has 0 aromatic heterocycles. The van der Waals surface area contributed by atoms with Gasteiger partial charge in [0.1, 0.15) is 0 Å². The Balaban J connectivity index is 1.87. The fraction of sp³-hybridized carbons (Fsp3) is 0.529. The normalized spacial score (nSPS) is 19.6. The minimum absolute atomic E-state index is 0.181. The number of rotatable bonds is 4. The smallest absolute Gasteiger partial charge is 0.0274 e. The van der Waals surface area contributed by atoms with Gasteiger partial charge in [0.2, 0.25) is 0 Å². The molecule has 104 valence electrons. The molecule has 0 heterocycles. The summed E-state index contributed by atoms with van der Waals surface area (Å²) in [5.41, 5.74) is 1.54. The molecule has 1 aromatic rings. The molecule has 19 heavy (non-hydrogen) atoms. The highest BCUT2D eigenvalue weighted by atomic mass is 32.2. The lowest BCUT2D eigenvalue weighted by molar-refractivity contribution is 0.424. The highest BCUT2D eigenvalue weighted by molar-refractivity contribution is 8.00. The largest absolute Gasteiger partial charge is 0.308 e. The van der Waals surface area contributed by atoms with Crippen LogP contribution < -0.4 is 5.32 Å². The Morgan fingerprint density at radius 3 is 2.53 bits per heavy atom. The molecule has 0 aliphatic heterocycles. The Morgan fingerprint density at radius 1 is 1.21 bits per heavy atom. The van der Waals surface area contributed by atoms with Crippen LogP contribution in [0.25, 0.3) is 0 Å². The summed E-state index contributed by atoms with van der Waals surface area (Å²) in [6.07, 6.45) is 8.59. The SMILES string of the molecule is CC(C)(C)NCc1ccc(SC2C=CCCC2)cc1. The quantitative estimate of drug-likeness (QED) is 0.794. The molecule has 0 amide bonds. The van der Waals surface area contributed by atoms with Crippen molar-refractivity contribution in [1.29, 1.82) is 0 Å². The van der Waals surface area contributed by atoms with Crippen LogP contribution in [-0.2, 0) is 6.54 Å². The Kier molecular flexibility index (Phi) is 5.12. The standard InChI is InChI=1S/C17H25NS/c1-17(2,3)18-13-14-9-11-16(12-10-14)19-15-7-5-4-6-8-15/h5,7,9-12,15,18H,4,6,8,13H2,1-3H3. The molecular formula is C17H25NS. The third kappa shape index (κ3) is 5.42. The van der Waals surface area contributed by atoms with Crippen molar-refractivity contribution in [3.8, 4) is 0 Å². The van der Waals surface area contributed by atoms with Crippen LogP contribution in [0.15, 0.2) is 41.3 Å². The maximum Gasteiger partial charge on any atom is 0.0274 e. The van der Waals surface area contributed by atoms with E-state index in [-0.39, 0.29) is 5.54 Å². The monoisotopic (exact) mass is 275 g/mol. The van der Waals surface area contributed by atoms with E-state index in [9.17, 15) is 0 Å². The van der Waals surface area contributed by atoms with E-state index in [1.807, 2.05) is 11.8 Å². The molecular weight excluding hydrogens is 250 g/mol. The van der Waals surface area contributed by atoms with Crippen molar-refractivity contribution < 1.29 is 0 Å². The van der Waals surface area contributed by atoms with E-state index < -0.39 is 0 Å². The molecule has 1 nitrogen and oxygen atoms in total. The molecule has 2 rings (SSSR count). The molecule has 2 heteroatoms. The van der Waals surface area contributed by atoms with Crippen LogP contribution in [0.1, 0.15) is 45.6 Å². The van der Waals surface area contributed by atoms with E-state index in [1.165, 1.54) is 29.7 Å². The predicted molar refractivity (Wildman–Crippen MR) is 85.7 cm³/mol. The maximum absolute atomic E-state index is 3.52. The number of hydrogen-bond donors (Lipinski definition) is 1. The van der Waals surface area contributed by atoms with Crippen LogP contribution in [0, 0.1) is 0 Å². The van der Waals surface area contributed by atoms with Gasteiger partial charge in [-0.15, -0.1) is 11.8 Å². The van der Waals surface area contributed by atoms with Crippen LogP contribution in [0.5, 0.6) is 0 Å². The van der Waals surface area contributed by atoms with Crippen molar-refractivity contribution in [1.82, 2.24) is 5.32 Å². The third-order valence-electron chi connectivity index (χ3n) is 3.24. The van der Waals surface area contributed by atoms with Crippen LogP contribution in [0.4, 0.5) is 0 Å². The molecule has 0 spiro atoms. The molecule has 0 fully saturated rings. The molecule has 1 N–H and O–H groups in total. The fourth-order valence-electron chi connectivity index (χ4n) is 2.11. The number of nitrogens with one attached hydrogen (secondary N) is 1. The summed E-state index contributed by atoms with van der Waals surface area (Å²) in [5.74, 6) is 0. The lowest BCUT2D eigenvalue weighted by Crippen LogP contribution is -2.35. The zero-order valence-corrected chi connectivity index (χ0v) is 13.1. The summed E-state index contributed by atoms with van der Waals surface area (Å²) in [7, 11) is 0. The van der Waals surface area contributed by atoms with Gasteiger partial charge in [0.25, 0.3) is 0 Å². The van der Waals surface area contributed by atoms with E-state index in [4.69, 9.17) is 0 Å². The number of thioether (sulfide) groups is 1. The Labute approximate surface area is 121 Å². The van der Waals surface area contributed by atoms with Crippen molar-refractivity contribution in [2.24, 2.45) is 0 Å². The summed E-state index contributed by atoms with van der Waals surface area (Å²) in [5, 5.41) is 4.19. The predicted octanol–water partition coefficient (Wildman–Crippen LogP) is 4.78. The summed E-state index contributed by atoms with van der Waals surface area (Å²) in [6.45, 7) is 7.55. The summed E-state index contributed by atoms with van der Waals surface area (Å²) < 4.78 is 0. The highest BCUT2D eigenvalue weighted by Gasteiger charge is 2.10. The second kappa shape index (κ2) is 6.62. The molecule has 1 unspecified atom stereocenters. The molecule has 1 aliphatic carbocycles. The molecule has 0 saturated carbocycles. The van der Waals surface area contributed by atoms with Gasteiger partial charge in [-0.05, 0) is 57.7 Å². The maximum atomic E-state index is 3.52. The lowest BCUT2D eigenvalue weighted by atomic mass is 10.1. The van der Waals surface area contributed by atoms with Gasteiger partial charge >= 0.3 is 0 Å². The molecule has 0 radical (unpaired) electrons. The Bertz CT molecular complexity index is 414. The van der Waals surface area contributed by atoms with Gasteiger partial charge in [-0.3, -0.25) is 0 Å². The van der Waals surface area contributed by atoms with Crippen LogP contribution in [0.2, 0.25) is 0 Å². The fourth-order valence-corrected chi connectivity index (χ4v) is 3.22. The highest BCUT2D eigenvalue weighted by Crippen LogP contribution is 2.30. The van der Waals surface area contributed by atoms with Gasteiger partial charge in [0.05, 0.1) is 0 Å². The van der Waals surface area contributed by atoms with E-state index in [2.05, 4.69) is 62.5 Å². The molecule has 0 saturated heterocycles. The Morgan fingerprint density at radius 2 is 1.95 bits per heavy atom. The first kappa shape index (κ1) is 14.7. The van der Waals surface area contributed by atoms with E-state index in [0.717, 1.165) is 6.54 Å². The first-order valence-electron chi connectivity index (χ1n) is 7.20. The van der Waals surface area contributed by atoms with Crippen molar-refractivity contribution >= 4 is 11.8 Å². The molecule has 0 bridgehead atoms. The van der Waals surface area contributed by atoms with Crippen molar-refractivity contribution in [3.63, 3.8) is 0 Å². The minimum atomic E-state index is 0.181. The van der Waals surface area contributed by atoms with Gasteiger partial charge < -0.3 is 5.32 Å². The molecule has 1 aromatic carbocycles. The van der Waals surface area contributed by atoms with Gasteiger partial charge in [0.15, 0.2) is 0 Å². The van der Waals surface area contributed by atoms with E-state index in [0.29, 0.717) is 5.25 Å². The number of hydrogen-bond acceptors (Lipinski definition) is 2. The lowest BCUT2D eigenvalue weighted by Gasteiger charge is -2.20. The zero-order valence-electron chi connectivity index (χ0n) is 12.3. The van der Waals surface area contributed by atoms with Crippen LogP contribution in [0.3, 0.4) is 0 Å². The second-order valence-corrected chi connectivity index (χ2v) is 7.58. The summed E-state index contributed by atoms with van der Waals surface area (Å²) >= 11 is 1.99. The second-order valence-electron chi connectivity index (χ2n) is 6.26. The van der Waals surface area contributed by atoms with Crippen LogP contribution >= 0.6 is 11.8 Å². The average molecular weight is 275 g/mol. The van der Waals surface area contributed by atoms with Gasteiger partial charge in [-0.1, -0.05) is 24.3 Å². The van der Waals surface area contributed by atoms with Crippen molar-refractivity contribution in [2.45, 2.75) is 62.3 Å². The minimum Gasteiger partial charge on any atom is -0.308 e. The first-order valence-corrected chi connectivity index (χ1v) is 8.08.